The molecule has 0 unspecified atom stereocenters. The van der Waals surface area contributed by atoms with Crippen LogP contribution in [0.5, 0.6) is 5.75 Å². The second-order valence-electron chi connectivity index (χ2n) is 4.26. The number of phenols is 1. The van der Waals surface area contributed by atoms with E-state index in [4.69, 9.17) is 16.1 Å². The molecule has 20 heavy (non-hydrogen) atoms. The van der Waals surface area contributed by atoms with E-state index in [-0.39, 0.29) is 11.6 Å². The topological polar surface area (TPSA) is 72.0 Å². The lowest BCUT2D eigenvalue weighted by molar-refractivity contribution is 0.425. The molecule has 0 radical (unpaired) electrons. The molecule has 0 spiro atoms. The normalized spacial score (nSPS) is 10.7. The van der Waals surface area contributed by atoms with Gasteiger partial charge in [0.15, 0.2) is 0 Å². The van der Waals surface area contributed by atoms with Crippen molar-refractivity contribution in [2.75, 3.05) is 0 Å². The van der Waals surface area contributed by atoms with Crippen molar-refractivity contribution in [1.29, 1.82) is 0 Å². The summed E-state index contributed by atoms with van der Waals surface area (Å²) in [4.78, 5) is 8.36. The summed E-state index contributed by atoms with van der Waals surface area (Å²) in [5.74, 6) is 0.724. The van der Waals surface area contributed by atoms with Gasteiger partial charge in [-0.05, 0) is 30.7 Å². The van der Waals surface area contributed by atoms with Crippen LogP contribution in [0.3, 0.4) is 0 Å². The maximum Gasteiger partial charge on any atom is 0.262 e. The van der Waals surface area contributed by atoms with Crippen LogP contribution in [0.4, 0.5) is 0 Å². The van der Waals surface area contributed by atoms with E-state index in [9.17, 15) is 5.11 Å². The lowest BCUT2D eigenvalue weighted by Crippen LogP contribution is -1.86. The summed E-state index contributed by atoms with van der Waals surface area (Å²) >= 11 is 5.78. The number of hydrogen-bond donors (Lipinski definition) is 1. The maximum atomic E-state index is 10.0. The molecule has 100 valence electrons. The van der Waals surface area contributed by atoms with Gasteiger partial charge in [0.05, 0.1) is 10.6 Å². The summed E-state index contributed by atoms with van der Waals surface area (Å²) in [7, 11) is 0. The van der Waals surface area contributed by atoms with Gasteiger partial charge in [-0.3, -0.25) is 4.98 Å². The van der Waals surface area contributed by atoms with Gasteiger partial charge in [0.2, 0.25) is 5.82 Å². The first-order chi connectivity index (χ1) is 9.65. The highest BCUT2D eigenvalue weighted by Crippen LogP contribution is 2.31. The third kappa shape index (κ3) is 2.23. The Morgan fingerprint density at radius 1 is 1.20 bits per heavy atom. The molecule has 0 saturated carbocycles. The number of hydrogen-bond acceptors (Lipinski definition) is 5. The minimum atomic E-state index is 0.131. The summed E-state index contributed by atoms with van der Waals surface area (Å²) in [6.07, 6.45) is 1.51. The number of aromatic hydroxyl groups is 1. The van der Waals surface area contributed by atoms with Crippen molar-refractivity contribution < 1.29 is 9.63 Å². The molecule has 5 nitrogen and oxygen atoms in total. The highest BCUT2D eigenvalue weighted by molar-refractivity contribution is 6.30. The van der Waals surface area contributed by atoms with Crippen LogP contribution in [0, 0.1) is 6.92 Å². The van der Waals surface area contributed by atoms with Crippen LogP contribution in [0.25, 0.3) is 23.0 Å². The molecule has 0 fully saturated rings. The molecular weight excluding hydrogens is 278 g/mol. The minimum Gasteiger partial charge on any atom is -0.507 e. The second-order valence-corrected chi connectivity index (χ2v) is 4.69. The zero-order chi connectivity index (χ0) is 14.1. The maximum absolute atomic E-state index is 10.0. The summed E-state index contributed by atoms with van der Waals surface area (Å²) in [5.41, 5.74) is 1.79. The number of nitrogens with zero attached hydrogens (tertiary/aromatic N) is 3. The van der Waals surface area contributed by atoms with Gasteiger partial charge in [0.25, 0.3) is 5.89 Å². The van der Waals surface area contributed by atoms with Crippen LogP contribution >= 0.6 is 11.6 Å². The summed E-state index contributed by atoms with van der Waals surface area (Å²) < 4.78 is 5.18. The standard InChI is InChI=1S/C14H10ClN3O2/c1-8-3-2-4-10(12(8)19)14-17-13(18-20-14)11-6-5-9(15)7-16-11/h2-7,19H,1H3. The first-order valence-corrected chi connectivity index (χ1v) is 6.27. The number of halogens is 1. The van der Waals surface area contributed by atoms with E-state index in [1.54, 1.807) is 31.2 Å². The van der Waals surface area contributed by atoms with E-state index in [0.29, 0.717) is 22.1 Å². The first kappa shape index (κ1) is 12.6. The Kier molecular flexibility index (Phi) is 3.12. The van der Waals surface area contributed by atoms with Crippen LogP contribution in [0.2, 0.25) is 5.02 Å². The van der Waals surface area contributed by atoms with Gasteiger partial charge in [-0.1, -0.05) is 28.9 Å². The molecule has 0 bridgehead atoms. The van der Waals surface area contributed by atoms with Crippen LogP contribution in [-0.2, 0) is 0 Å². The fourth-order valence-corrected chi connectivity index (χ4v) is 1.89. The fourth-order valence-electron chi connectivity index (χ4n) is 1.78. The average Bonchev–Trinajstić information content (AvgIpc) is 2.92. The number of rotatable bonds is 2. The van der Waals surface area contributed by atoms with Crippen LogP contribution < -0.4 is 0 Å². The molecule has 0 saturated heterocycles. The second kappa shape index (κ2) is 4.94. The van der Waals surface area contributed by atoms with E-state index < -0.39 is 0 Å². The summed E-state index contributed by atoms with van der Waals surface area (Å²) in [6.45, 7) is 1.80. The number of aryl methyl sites for hydroxylation is 1. The van der Waals surface area contributed by atoms with Crippen molar-refractivity contribution in [1.82, 2.24) is 15.1 Å². The third-order valence-corrected chi connectivity index (χ3v) is 3.07. The van der Waals surface area contributed by atoms with Crippen LogP contribution in [0.1, 0.15) is 5.56 Å². The van der Waals surface area contributed by atoms with Crippen LogP contribution in [-0.4, -0.2) is 20.2 Å². The van der Waals surface area contributed by atoms with Crippen molar-refractivity contribution in [2.45, 2.75) is 6.92 Å². The van der Waals surface area contributed by atoms with E-state index in [2.05, 4.69) is 15.1 Å². The summed E-state index contributed by atoms with van der Waals surface area (Å²) in [5, 5.41) is 14.4. The lowest BCUT2D eigenvalue weighted by atomic mass is 10.1. The van der Waals surface area contributed by atoms with Gasteiger partial charge >= 0.3 is 0 Å². The molecule has 2 heterocycles. The monoisotopic (exact) mass is 287 g/mol. The smallest absolute Gasteiger partial charge is 0.262 e. The quantitative estimate of drug-likeness (QED) is 0.781. The number of aromatic nitrogens is 3. The number of para-hydroxylation sites is 1. The summed E-state index contributed by atoms with van der Waals surface area (Å²) in [6, 6.07) is 8.73. The van der Waals surface area contributed by atoms with E-state index in [1.165, 1.54) is 6.20 Å². The van der Waals surface area contributed by atoms with Gasteiger partial charge in [0, 0.05) is 6.20 Å². The average molecular weight is 288 g/mol. The van der Waals surface area contributed by atoms with Gasteiger partial charge in [-0.25, -0.2) is 0 Å². The zero-order valence-electron chi connectivity index (χ0n) is 10.5. The molecule has 1 aromatic carbocycles. The van der Waals surface area contributed by atoms with Gasteiger partial charge in [-0.15, -0.1) is 0 Å². The highest BCUT2D eigenvalue weighted by atomic mass is 35.5. The Morgan fingerprint density at radius 3 is 2.80 bits per heavy atom. The SMILES string of the molecule is Cc1cccc(-c2nc(-c3ccc(Cl)cn3)no2)c1O. The Morgan fingerprint density at radius 2 is 2.05 bits per heavy atom. The van der Waals surface area contributed by atoms with Crippen LogP contribution in [0.15, 0.2) is 41.1 Å². The van der Waals surface area contributed by atoms with Gasteiger partial charge in [0.1, 0.15) is 11.4 Å². The molecule has 3 rings (SSSR count). The molecule has 0 atom stereocenters. The van der Waals surface area contributed by atoms with Gasteiger partial charge < -0.3 is 9.63 Å². The van der Waals surface area contributed by atoms with Crippen molar-refractivity contribution in [3.63, 3.8) is 0 Å². The largest absolute Gasteiger partial charge is 0.507 e. The lowest BCUT2D eigenvalue weighted by Gasteiger charge is -2.01. The number of benzene rings is 1. The predicted molar refractivity (Wildman–Crippen MR) is 74.4 cm³/mol. The fraction of sp³-hybridized carbons (Fsp3) is 0.0714. The highest BCUT2D eigenvalue weighted by Gasteiger charge is 2.15. The molecule has 2 aromatic heterocycles. The molecule has 0 aliphatic carbocycles. The molecule has 0 aliphatic heterocycles. The minimum absolute atomic E-state index is 0.131. The Balaban J connectivity index is 2.02. The van der Waals surface area contributed by atoms with Gasteiger partial charge in [-0.2, -0.15) is 4.98 Å². The Bertz CT molecular complexity index is 753. The predicted octanol–water partition coefficient (Wildman–Crippen LogP) is 3.47. The molecule has 0 aliphatic rings. The zero-order valence-corrected chi connectivity index (χ0v) is 11.3. The van der Waals surface area contributed by atoms with Crippen molar-refractivity contribution in [2.24, 2.45) is 0 Å². The molecule has 0 amide bonds. The first-order valence-electron chi connectivity index (χ1n) is 5.90. The number of phenolic OH excluding ortho intramolecular Hbond substituents is 1. The van der Waals surface area contributed by atoms with Crippen molar-refractivity contribution in [3.8, 4) is 28.7 Å². The van der Waals surface area contributed by atoms with Crippen molar-refractivity contribution in [3.05, 3.63) is 47.1 Å². The Labute approximate surface area is 119 Å². The van der Waals surface area contributed by atoms with E-state index in [0.717, 1.165) is 5.56 Å². The molecule has 3 aromatic rings. The van der Waals surface area contributed by atoms with E-state index in [1.807, 2.05) is 6.07 Å². The molecule has 6 heteroatoms. The Hall–Kier alpha value is -2.40. The number of pyridine rings is 1. The van der Waals surface area contributed by atoms with Crippen molar-refractivity contribution >= 4 is 11.6 Å². The third-order valence-electron chi connectivity index (χ3n) is 2.85. The molecular formula is C14H10ClN3O2. The molecule has 1 N–H and O–H groups in total. The van der Waals surface area contributed by atoms with E-state index >= 15 is 0 Å².